The average Bonchev–Trinajstić information content (AvgIpc) is 2.96. The summed E-state index contributed by atoms with van der Waals surface area (Å²) in [6.07, 6.45) is 5.37. The second kappa shape index (κ2) is 8.40. The Bertz CT molecular complexity index is 712. The van der Waals surface area contributed by atoms with Crippen LogP contribution in [0.3, 0.4) is 0 Å². The van der Waals surface area contributed by atoms with Crippen molar-refractivity contribution >= 4 is 34.9 Å². The van der Waals surface area contributed by atoms with Crippen molar-refractivity contribution in [2.45, 2.75) is 26.7 Å². The molecule has 128 valence electrons. The van der Waals surface area contributed by atoms with Gasteiger partial charge in [-0.05, 0) is 31.5 Å². The number of Topliss-reactive ketones (excluding diaryl/α,β-unsaturated/α-hetero) is 1. The molecular formula is C18H20ClNO3S. The largest absolute Gasteiger partial charge is 0.496 e. The van der Waals surface area contributed by atoms with Gasteiger partial charge >= 0.3 is 0 Å². The number of benzene rings is 1. The van der Waals surface area contributed by atoms with Crippen molar-refractivity contribution in [3.63, 3.8) is 0 Å². The number of unbranched alkanes of at least 4 members (excludes halogenated alkanes) is 1. The molecule has 0 atom stereocenters. The van der Waals surface area contributed by atoms with Crippen molar-refractivity contribution in [2.24, 2.45) is 0 Å². The monoisotopic (exact) mass is 365 g/mol. The molecule has 1 aliphatic rings. The standard InChI is InChI=1S/C18H20ClNO3S/c1-4-5-8-20-11-17(12(2)21)24-18(20)10-15(22)14-9-13(19)6-7-16(14)23-3/h6-7,9-11H,4-5,8H2,1-3H3/b18-10-. The molecule has 0 amide bonds. The van der Waals surface area contributed by atoms with Gasteiger partial charge in [-0.1, -0.05) is 36.7 Å². The fraction of sp³-hybridized carbons (Fsp3) is 0.333. The van der Waals surface area contributed by atoms with Crippen molar-refractivity contribution < 1.29 is 14.3 Å². The summed E-state index contributed by atoms with van der Waals surface area (Å²) in [5.41, 5.74) is 0.407. The highest BCUT2D eigenvalue weighted by Gasteiger charge is 2.23. The van der Waals surface area contributed by atoms with E-state index in [1.54, 1.807) is 24.3 Å². The molecule has 6 heteroatoms. The molecule has 0 bridgehead atoms. The topological polar surface area (TPSA) is 46.6 Å². The summed E-state index contributed by atoms with van der Waals surface area (Å²) in [5, 5.41) is 1.22. The smallest absolute Gasteiger partial charge is 0.192 e. The minimum Gasteiger partial charge on any atom is -0.496 e. The normalized spacial score (nSPS) is 15.6. The van der Waals surface area contributed by atoms with Crippen LogP contribution in [0.4, 0.5) is 0 Å². The second-order valence-electron chi connectivity index (χ2n) is 5.39. The van der Waals surface area contributed by atoms with E-state index in [-0.39, 0.29) is 11.6 Å². The zero-order valence-electron chi connectivity index (χ0n) is 14.0. The van der Waals surface area contributed by atoms with E-state index in [1.165, 1.54) is 25.8 Å². The van der Waals surface area contributed by atoms with Crippen LogP contribution in [-0.2, 0) is 4.79 Å². The van der Waals surface area contributed by atoms with Crippen LogP contribution in [0.25, 0.3) is 0 Å². The summed E-state index contributed by atoms with van der Waals surface area (Å²) in [6, 6.07) is 4.94. The van der Waals surface area contributed by atoms with Gasteiger partial charge in [-0.25, -0.2) is 0 Å². The first-order chi connectivity index (χ1) is 11.5. The summed E-state index contributed by atoms with van der Waals surface area (Å²) in [5.74, 6) is 0.276. The Morgan fingerprint density at radius 3 is 2.75 bits per heavy atom. The van der Waals surface area contributed by atoms with Crippen LogP contribution in [0.15, 0.2) is 40.4 Å². The number of methoxy groups -OCH3 is 1. The maximum atomic E-state index is 12.7. The lowest BCUT2D eigenvalue weighted by atomic mass is 10.1. The van der Waals surface area contributed by atoms with Gasteiger partial charge in [0.05, 0.1) is 22.6 Å². The van der Waals surface area contributed by atoms with E-state index in [0.717, 1.165) is 24.4 Å². The molecule has 0 unspecified atom stereocenters. The predicted molar refractivity (Wildman–Crippen MR) is 98.4 cm³/mol. The number of thioether (sulfide) groups is 1. The zero-order chi connectivity index (χ0) is 17.7. The Kier molecular flexibility index (Phi) is 6.52. The number of rotatable bonds is 7. The van der Waals surface area contributed by atoms with Crippen molar-refractivity contribution in [2.75, 3.05) is 13.7 Å². The fourth-order valence-corrected chi connectivity index (χ4v) is 3.39. The third-order valence-electron chi connectivity index (χ3n) is 3.55. The number of hydrogen-bond acceptors (Lipinski definition) is 5. The van der Waals surface area contributed by atoms with Crippen molar-refractivity contribution in [3.05, 3.63) is 51.0 Å². The molecule has 24 heavy (non-hydrogen) atoms. The van der Waals surface area contributed by atoms with Crippen molar-refractivity contribution in [3.8, 4) is 5.75 Å². The van der Waals surface area contributed by atoms with Crippen LogP contribution in [0.2, 0.25) is 5.02 Å². The van der Waals surface area contributed by atoms with Gasteiger partial charge in [0, 0.05) is 23.8 Å². The number of carbonyl (C=O) groups excluding carboxylic acids is 2. The first-order valence-electron chi connectivity index (χ1n) is 7.73. The van der Waals surface area contributed by atoms with Gasteiger partial charge in [0.1, 0.15) is 5.75 Å². The number of halogens is 1. The van der Waals surface area contributed by atoms with Crippen LogP contribution in [0, 0.1) is 0 Å². The molecular weight excluding hydrogens is 346 g/mol. The molecule has 0 spiro atoms. The lowest BCUT2D eigenvalue weighted by Gasteiger charge is -2.16. The number of allylic oxidation sites excluding steroid dienone is 2. The van der Waals surface area contributed by atoms with E-state index >= 15 is 0 Å². The minimum atomic E-state index is -0.198. The molecule has 1 aromatic carbocycles. The van der Waals surface area contributed by atoms with E-state index in [2.05, 4.69) is 6.92 Å². The molecule has 0 saturated heterocycles. The third kappa shape index (κ3) is 4.42. The first-order valence-corrected chi connectivity index (χ1v) is 8.92. The van der Waals surface area contributed by atoms with E-state index in [4.69, 9.17) is 16.3 Å². The SMILES string of the molecule is CCCCN1C=C(C(C)=O)S/C1=C\C(=O)c1cc(Cl)ccc1OC. The Labute approximate surface area is 151 Å². The number of ketones is 2. The van der Waals surface area contributed by atoms with Crippen molar-refractivity contribution in [1.29, 1.82) is 0 Å². The van der Waals surface area contributed by atoms with E-state index in [9.17, 15) is 9.59 Å². The average molecular weight is 366 g/mol. The Balaban J connectivity index is 2.30. The zero-order valence-corrected chi connectivity index (χ0v) is 15.5. The summed E-state index contributed by atoms with van der Waals surface area (Å²) >= 11 is 7.32. The number of carbonyl (C=O) groups is 2. The van der Waals surface area contributed by atoms with E-state index < -0.39 is 0 Å². The summed E-state index contributed by atoms with van der Waals surface area (Å²) in [7, 11) is 1.51. The Morgan fingerprint density at radius 2 is 2.12 bits per heavy atom. The van der Waals surface area contributed by atoms with Crippen LogP contribution >= 0.6 is 23.4 Å². The van der Waals surface area contributed by atoms with E-state index in [1.807, 2.05) is 11.1 Å². The highest BCUT2D eigenvalue weighted by Crippen LogP contribution is 2.37. The second-order valence-corrected chi connectivity index (χ2v) is 6.89. The number of hydrogen-bond donors (Lipinski definition) is 0. The van der Waals surface area contributed by atoms with E-state index in [0.29, 0.717) is 21.2 Å². The molecule has 0 N–H and O–H groups in total. The van der Waals surface area contributed by atoms with Gasteiger partial charge in [-0.15, -0.1) is 0 Å². The molecule has 0 saturated carbocycles. The van der Waals surface area contributed by atoms with Gasteiger partial charge in [0.25, 0.3) is 0 Å². The Morgan fingerprint density at radius 1 is 1.38 bits per heavy atom. The van der Waals surface area contributed by atoms with Gasteiger partial charge in [0.2, 0.25) is 0 Å². The molecule has 4 nitrogen and oxygen atoms in total. The van der Waals surface area contributed by atoms with Gasteiger partial charge < -0.3 is 9.64 Å². The van der Waals surface area contributed by atoms with Crippen LogP contribution in [0.1, 0.15) is 37.0 Å². The fourth-order valence-electron chi connectivity index (χ4n) is 2.24. The maximum Gasteiger partial charge on any atom is 0.192 e. The predicted octanol–water partition coefficient (Wildman–Crippen LogP) is 4.65. The molecule has 1 aliphatic heterocycles. The first kappa shape index (κ1) is 18.6. The highest BCUT2D eigenvalue weighted by molar-refractivity contribution is 8.07. The van der Waals surface area contributed by atoms with Crippen LogP contribution < -0.4 is 4.74 Å². The Hall–Kier alpha value is -1.72. The summed E-state index contributed by atoms with van der Waals surface area (Å²) in [6.45, 7) is 4.40. The molecule has 2 rings (SSSR count). The highest BCUT2D eigenvalue weighted by atomic mass is 35.5. The minimum absolute atomic E-state index is 0.00214. The number of nitrogens with zero attached hydrogens (tertiary/aromatic N) is 1. The molecule has 0 radical (unpaired) electrons. The van der Waals surface area contributed by atoms with Gasteiger partial charge in [0.15, 0.2) is 11.6 Å². The molecule has 1 heterocycles. The van der Waals surface area contributed by atoms with Crippen LogP contribution in [-0.4, -0.2) is 30.1 Å². The summed E-state index contributed by atoms with van der Waals surface area (Å²) < 4.78 is 5.24. The molecule has 0 aromatic heterocycles. The quantitative estimate of drug-likeness (QED) is 0.519. The lowest BCUT2D eigenvalue weighted by molar-refractivity contribution is -0.113. The number of ether oxygens (including phenoxy) is 1. The third-order valence-corrected chi connectivity index (χ3v) is 4.96. The summed E-state index contributed by atoms with van der Waals surface area (Å²) in [4.78, 5) is 26.9. The van der Waals surface area contributed by atoms with Crippen LogP contribution in [0.5, 0.6) is 5.75 Å². The van der Waals surface area contributed by atoms with Gasteiger partial charge in [-0.3, -0.25) is 9.59 Å². The molecule has 0 aliphatic carbocycles. The lowest BCUT2D eigenvalue weighted by Crippen LogP contribution is -2.14. The molecule has 0 fully saturated rings. The maximum absolute atomic E-state index is 12.7. The van der Waals surface area contributed by atoms with Gasteiger partial charge in [-0.2, -0.15) is 0 Å². The molecule has 1 aromatic rings. The van der Waals surface area contributed by atoms with Crippen molar-refractivity contribution in [1.82, 2.24) is 4.90 Å².